The van der Waals surface area contributed by atoms with Crippen LogP contribution in [0.1, 0.15) is 25.8 Å². The summed E-state index contributed by atoms with van der Waals surface area (Å²) in [7, 11) is 0. The Kier molecular flexibility index (Phi) is 5.82. The SMILES string of the molecule is O=C(Nc1ccc(C(=O)NCc2ccccc2OC(F)F)s1)c1ccco1. The van der Waals surface area contributed by atoms with Gasteiger partial charge in [0.25, 0.3) is 11.8 Å². The fourth-order valence-corrected chi connectivity index (χ4v) is 3.05. The molecule has 0 aliphatic rings. The number of thiophene rings is 1. The minimum absolute atomic E-state index is 0.00498. The lowest BCUT2D eigenvalue weighted by atomic mass is 10.2. The third-order valence-corrected chi connectivity index (χ3v) is 4.44. The number of amides is 2. The second-order valence-electron chi connectivity index (χ2n) is 5.26. The number of nitrogens with one attached hydrogen (secondary N) is 2. The molecule has 0 saturated heterocycles. The molecule has 1 aromatic carbocycles. The smallest absolute Gasteiger partial charge is 0.387 e. The Morgan fingerprint density at radius 1 is 1.07 bits per heavy atom. The predicted octanol–water partition coefficient (Wildman–Crippen LogP) is 4.12. The average Bonchev–Trinajstić information content (AvgIpc) is 3.32. The van der Waals surface area contributed by atoms with E-state index in [-0.39, 0.29) is 18.1 Å². The lowest BCUT2D eigenvalue weighted by molar-refractivity contribution is -0.0504. The van der Waals surface area contributed by atoms with E-state index < -0.39 is 18.4 Å². The van der Waals surface area contributed by atoms with Gasteiger partial charge in [0.1, 0.15) is 5.75 Å². The highest BCUT2D eigenvalue weighted by atomic mass is 32.1. The number of carbonyl (C=O) groups excluding carboxylic acids is 2. The zero-order chi connectivity index (χ0) is 19.2. The van der Waals surface area contributed by atoms with Crippen molar-refractivity contribution in [1.29, 1.82) is 0 Å². The van der Waals surface area contributed by atoms with Gasteiger partial charge in [0.15, 0.2) is 5.76 Å². The van der Waals surface area contributed by atoms with Crippen molar-refractivity contribution in [2.45, 2.75) is 13.2 Å². The Bertz CT molecular complexity index is 925. The topological polar surface area (TPSA) is 80.6 Å². The minimum Gasteiger partial charge on any atom is -0.459 e. The normalized spacial score (nSPS) is 10.6. The summed E-state index contributed by atoms with van der Waals surface area (Å²) in [4.78, 5) is 24.5. The molecule has 27 heavy (non-hydrogen) atoms. The second-order valence-corrected chi connectivity index (χ2v) is 6.35. The number of ether oxygens (including phenoxy) is 1. The van der Waals surface area contributed by atoms with Gasteiger partial charge in [-0.05, 0) is 30.3 Å². The number of carbonyl (C=O) groups is 2. The number of hydrogen-bond acceptors (Lipinski definition) is 5. The monoisotopic (exact) mass is 392 g/mol. The first-order chi connectivity index (χ1) is 13.0. The summed E-state index contributed by atoms with van der Waals surface area (Å²) in [6.45, 7) is -2.92. The first-order valence-electron chi connectivity index (χ1n) is 7.78. The number of furan rings is 1. The van der Waals surface area contributed by atoms with Gasteiger partial charge in [0.2, 0.25) is 0 Å². The fraction of sp³-hybridized carbons (Fsp3) is 0.111. The molecule has 2 N–H and O–H groups in total. The van der Waals surface area contributed by atoms with Crippen LogP contribution in [0, 0.1) is 0 Å². The summed E-state index contributed by atoms with van der Waals surface area (Å²) in [5.74, 6) is -0.660. The van der Waals surface area contributed by atoms with Crippen LogP contribution < -0.4 is 15.4 Å². The third-order valence-electron chi connectivity index (χ3n) is 3.44. The fourth-order valence-electron chi connectivity index (χ4n) is 2.23. The van der Waals surface area contributed by atoms with Gasteiger partial charge in [-0.3, -0.25) is 9.59 Å². The lowest BCUT2D eigenvalue weighted by Crippen LogP contribution is -2.22. The van der Waals surface area contributed by atoms with Crippen LogP contribution >= 0.6 is 11.3 Å². The molecule has 2 heterocycles. The number of para-hydroxylation sites is 1. The molecule has 0 aliphatic heterocycles. The highest BCUT2D eigenvalue weighted by Crippen LogP contribution is 2.24. The molecule has 2 amide bonds. The van der Waals surface area contributed by atoms with E-state index in [9.17, 15) is 18.4 Å². The summed E-state index contributed by atoms with van der Waals surface area (Å²) in [5.41, 5.74) is 0.425. The molecular weight excluding hydrogens is 378 g/mol. The van der Waals surface area contributed by atoms with Crippen LogP contribution in [0.25, 0.3) is 0 Å². The van der Waals surface area contributed by atoms with Crippen LogP contribution in [0.5, 0.6) is 5.75 Å². The summed E-state index contributed by atoms with van der Waals surface area (Å²) >= 11 is 1.08. The molecule has 0 atom stereocenters. The number of benzene rings is 1. The maximum atomic E-state index is 12.4. The Hall–Kier alpha value is -3.20. The Morgan fingerprint density at radius 3 is 2.63 bits per heavy atom. The van der Waals surface area contributed by atoms with Gasteiger partial charge in [-0.1, -0.05) is 18.2 Å². The van der Waals surface area contributed by atoms with Crippen molar-refractivity contribution in [3.63, 3.8) is 0 Å². The molecule has 3 rings (SSSR count). The van der Waals surface area contributed by atoms with E-state index >= 15 is 0 Å². The molecule has 9 heteroatoms. The van der Waals surface area contributed by atoms with Crippen LogP contribution in [0.2, 0.25) is 0 Å². The Morgan fingerprint density at radius 2 is 1.89 bits per heavy atom. The molecule has 140 valence electrons. The molecule has 0 fully saturated rings. The maximum absolute atomic E-state index is 12.4. The number of hydrogen-bond donors (Lipinski definition) is 2. The van der Waals surface area contributed by atoms with E-state index in [4.69, 9.17) is 4.42 Å². The largest absolute Gasteiger partial charge is 0.459 e. The summed E-state index contributed by atoms with van der Waals surface area (Å²) in [5, 5.41) is 5.74. The zero-order valence-electron chi connectivity index (χ0n) is 13.8. The minimum atomic E-state index is -2.94. The molecule has 0 radical (unpaired) electrons. The molecule has 0 saturated carbocycles. The standard InChI is InChI=1S/C18H14F2N2O4S/c19-18(20)26-12-5-2-1-4-11(12)10-21-17(24)14-7-8-15(27-14)22-16(23)13-6-3-9-25-13/h1-9,18H,10H2,(H,21,24)(H,22,23). The predicted molar refractivity (Wildman–Crippen MR) is 95.2 cm³/mol. The van der Waals surface area contributed by atoms with Crippen LogP contribution in [0.4, 0.5) is 13.8 Å². The Balaban J connectivity index is 1.59. The van der Waals surface area contributed by atoms with Crippen molar-refractivity contribution in [3.8, 4) is 5.75 Å². The molecule has 0 bridgehead atoms. The van der Waals surface area contributed by atoms with Crippen molar-refractivity contribution >= 4 is 28.2 Å². The molecule has 0 aliphatic carbocycles. The zero-order valence-corrected chi connectivity index (χ0v) is 14.6. The summed E-state index contributed by atoms with van der Waals surface area (Å²) in [6, 6.07) is 12.5. The van der Waals surface area contributed by atoms with Crippen LogP contribution in [-0.2, 0) is 6.54 Å². The molecular formula is C18H14F2N2O4S. The number of anilines is 1. The lowest BCUT2D eigenvalue weighted by Gasteiger charge is -2.11. The van der Waals surface area contributed by atoms with E-state index in [1.54, 1.807) is 36.4 Å². The van der Waals surface area contributed by atoms with Gasteiger partial charge in [0, 0.05) is 12.1 Å². The van der Waals surface area contributed by atoms with Crippen molar-refractivity contribution < 1.29 is 27.5 Å². The molecule has 0 spiro atoms. The van der Waals surface area contributed by atoms with E-state index in [1.165, 1.54) is 18.4 Å². The second kappa shape index (κ2) is 8.45. The molecule has 2 aromatic heterocycles. The van der Waals surface area contributed by atoms with E-state index in [0.717, 1.165) is 11.3 Å². The van der Waals surface area contributed by atoms with Crippen molar-refractivity contribution in [3.05, 3.63) is 71.0 Å². The number of alkyl halides is 2. The van der Waals surface area contributed by atoms with Crippen molar-refractivity contribution in [2.24, 2.45) is 0 Å². The van der Waals surface area contributed by atoms with E-state index in [0.29, 0.717) is 15.4 Å². The van der Waals surface area contributed by atoms with E-state index in [2.05, 4.69) is 15.4 Å². The van der Waals surface area contributed by atoms with Crippen molar-refractivity contribution in [1.82, 2.24) is 5.32 Å². The summed E-state index contributed by atoms with van der Waals surface area (Å²) < 4.78 is 34.3. The molecule has 6 nitrogen and oxygen atoms in total. The van der Waals surface area contributed by atoms with Crippen LogP contribution in [0.3, 0.4) is 0 Å². The average molecular weight is 392 g/mol. The van der Waals surface area contributed by atoms with Gasteiger partial charge >= 0.3 is 6.61 Å². The molecule has 0 unspecified atom stereocenters. The number of rotatable bonds is 7. The maximum Gasteiger partial charge on any atom is 0.387 e. The van der Waals surface area contributed by atoms with Gasteiger partial charge in [0.05, 0.1) is 16.1 Å². The van der Waals surface area contributed by atoms with Crippen molar-refractivity contribution in [2.75, 3.05) is 5.32 Å². The quantitative estimate of drug-likeness (QED) is 0.634. The summed E-state index contributed by atoms with van der Waals surface area (Å²) in [6.07, 6.45) is 1.39. The van der Waals surface area contributed by atoms with Gasteiger partial charge in [-0.15, -0.1) is 11.3 Å². The Labute approximate surface area is 156 Å². The highest BCUT2D eigenvalue weighted by molar-refractivity contribution is 7.18. The van der Waals surface area contributed by atoms with Gasteiger partial charge < -0.3 is 19.8 Å². The highest BCUT2D eigenvalue weighted by Gasteiger charge is 2.14. The van der Waals surface area contributed by atoms with E-state index in [1.807, 2.05) is 0 Å². The van der Waals surface area contributed by atoms with Crippen LogP contribution in [-0.4, -0.2) is 18.4 Å². The third kappa shape index (κ3) is 4.91. The van der Waals surface area contributed by atoms with Crippen LogP contribution in [0.15, 0.2) is 59.2 Å². The van der Waals surface area contributed by atoms with Gasteiger partial charge in [-0.25, -0.2) is 0 Å². The van der Waals surface area contributed by atoms with Gasteiger partial charge in [-0.2, -0.15) is 8.78 Å². The number of halogens is 2. The first kappa shape index (κ1) is 18.6. The molecule has 3 aromatic rings. The first-order valence-corrected chi connectivity index (χ1v) is 8.60.